The Bertz CT molecular complexity index is 1180. The molecular weight excluding hydrogens is 471 g/mol. The molecule has 0 aliphatic heterocycles. The quantitative estimate of drug-likeness (QED) is 0.368. The van der Waals surface area contributed by atoms with E-state index in [1.807, 2.05) is 0 Å². The van der Waals surface area contributed by atoms with E-state index in [0.29, 0.717) is 16.9 Å². The number of carboxylic acids is 1. The van der Waals surface area contributed by atoms with Crippen LogP contribution in [0, 0.1) is 11.7 Å². The maximum atomic E-state index is 13.8. The zero-order valence-corrected chi connectivity index (χ0v) is 19.1. The fourth-order valence-corrected chi connectivity index (χ4v) is 3.71. The number of aromatic nitrogens is 1. The zero-order valence-electron chi connectivity index (χ0n) is 17.6. The minimum atomic E-state index is -1.11. The maximum absolute atomic E-state index is 13.8. The summed E-state index contributed by atoms with van der Waals surface area (Å²) in [5.74, 6) is -2.60. The maximum Gasteiger partial charge on any atom is 0.326 e. The highest BCUT2D eigenvalue weighted by atomic mass is 35.5. The molecule has 3 amide bonds. The normalized spacial score (nSPS) is 11.7. The van der Waals surface area contributed by atoms with E-state index < -0.39 is 29.8 Å². The van der Waals surface area contributed by atoms with E-state index >= 15 is 0 Å². The highest BCUT2D eigenvalue weighted by Gasteiger charge is 2.25. The second-order valence-electron chi connectivity index (χ2n) is 7.35. The first-order valence-corrected chi connectivity index (χ1v) is 11.0. The molecule has 0 radical (unpaired) electrons. The first-order valence-electron chi connectivity index (χ1n) is 9.76. The Labute approximate surface area is 197 Å². The van der Waals surface area contributed by atoms with Gasteiger partial charge in [0.2, 0.25) is 0 Å². The molecule has 172 valence electrons. The summed E-state index contributed by atoms with van der Waals surface area (Å²) in [5, 5.41) is 18.7. The highest BCUT2D eigenvalue weighted by Crippen LogP contribution is 2.24. The minimum absolute atomic E-state index is 0.00981. The van der Waals surface area contributed by atoms with Gasteiger partial charge in [0, 0.05) is 21.7 Å². The Kier molecular flexibility index (Phi) is 7.62. The Morgan fingerprint density at radius 1 is 1.09 bits per heavy atom. The largest absolute Gasteiger partial charge is 0.480 e. The van der Waals surface area contributed by atoms with E-state index in [1.54, 1.807) is 43.5 Å². The van der Waals surface area contributed by atoms with Crippen LogP contribution in [0.25, 0.3) is 11.3 Å². The first kappa shape index (κ1) is 24.1. The van der Waals surface area contributed by atoms with E-state index in [0.717, 1.165) is 17.4 Å². The van der Waals surface area contributed by atoms with Gasteiger partial charge < -0.3 is 21.1 Å². The summed E-state index contributed by atoms with van der Waals surface area (Å²) in [4.78, 5) is 40.0. The van der Waals surface area contributed by atoms with Gasteiger partial charge in [-0.15, -0.1) is 11.3 Å². The number of urea groups is 1. The second-order valence-corrected chi connectivity index (χ2v) is 8.65. The third kappa shape index (κ3) is 6.27. The van der Waals surface area contributed by atoms with E-state index in [1.165, 1.54) is 12.1 Å². The van der Waals surface area contributed by atoms with Crippen LogP contribution in [-0.4, -0.2) is 34.0 Å². The fourth-order valence-electron chi connectivity index (χ4n) is 2.83. The van der Waals surface area contributed by atoms with Gasteiger partial charge in [-0.25, -0.2) is 19.0 Å². The van der Waals surface area contributed by atoms with Gasteiger partial charge in [-0.3, -0.25) is 4.79 Å². The number of anilines is 2. The summed E-state index contributed by atoms with van der Waals surface area (Å²) in [6, 6.07) is 8.93. The summed E-state index contributed by atoms with van der Waals surface area (Å²) in [6.45, 7) is 3.41. The van der Waals surface area contributed by atoms with Crippen molar-refractivity contribution in [1.82, 2.24) is 10.3 Å². The smallest absolute Gasteiger partial charge is 0.326 e. The van der Waals surface area contributed by atoms with Gasteiger partial charge in [0.05, 0.1) is 11.4 Å². The van der Waals surface area contributed by atoms with Crippen molar-refractivity contribution in [3.8, 4) is 11.3 Å². The van der Waals surface area contributed by atoms with Crippen molar-refractivity contribution in [3.05, 3.63) is 63.7 Å². The third-order valence-electron chi connectivity index (χ3n) is 4.54. The lowest BCUT2D eigenvalue weighted by Crippen LogP contribution is -2.44. The Morgan fingerprint density at radius 3 is 2.39 bits per heavy atom. The van der Waals surface area contributed by atoms with Gasteiger partial charge in [0.1, 0.15) is 11.9 Å². The van der Waals surface area contributed by atoms with Crippen molar-refractivity contribution >= 4 is 52.2 Å². The van der Waals surface area contributed by atoms with E-state index in [4.69, 9.17) is 11.6 Å². The second kappa shape index (κ2) is 10.4. The zero-order chi connectivity index (χ0) is 24.1. The molecule has 0 unspecified atom stereocenters. The third-order valence-corrected chi connectivity index (χ3v) is 5.61. The molecule has 0 aliphatic carbocycles. The molecule has 0 saturated carbocycles. The van der Waals surface area contributed by atoms with Crippen LogP contribution in [-0.2, 0) is 4.79 Å². The number of nitrogens with zero attached hydrogens (tertiary/aromatic N) is 1. The van der Waals surface area contributed by atoms with Gasteiger partial charge in [0.25, 0.3) is 5.91 Å². The van der Waals surface area contributed by atoms with Crippen LogP contribution >= 0.6 is 22.9 Å². The van der Waals surface area contributed by atoms with Crippen LogP contribution in [0.4, 0.5) is 20.6 Å². The van der Waals surface area contributed by atoms with E-state index in [9.17, 15) is 23.9 Å². The van der Waals surface area contributed by atoms with Gasteiger partial charge in [-0.05, 0) is 36.2 Å². The van der Waals surface area contributed by atoms with E-state index in [-0.39, 0.29) is 21.6 Å². The fraction of sp³-hybridized carbons (Fsp3) is 0.182. The summed E-state index contributed by atoms with van der Waals surface area (Å²) in [6.07, 6.45) is 0. The SMILES string of the molecule is CC(C)[C@H](NC(=O)c1nc(-c2ccc(NC(=O)Nc3ccc(Cl)cc3F)cc2)cs1)C(=O)O. The van der Waals surface area contributed by atoms with Crippen LogP contribution in [0.5, 0.6) is 0 Å². The number of benzene rings is 2. The molecule has 8 nitrogen and oxygen atoms in total. The molecule has 1 heterocycles. The van der Waals surface area contributed by atoms with Crippen molar-refractivity contribution in [1.29, 1.82) is 0 Å². The number of aliphatic carboxylic acids is 1. The molecule has 1 atom stereocenters. The lowest BCUT2D eigenvalue weighted by atomic mass is 10.1. The van der Waals surface area contributed by atoms with Crippen LogP contribution in [0.2, 0.25) is 5.02 Å². The van der Waals surface area contributed by atoms with Crippen LogP contribution in [0.3, 0.4) is 0 Å². The molecule has 3 aromatic rings. The average molecular weight is 491 g/mol. The first-order chi connectivity index (χ1) is 15.6. The molecule has 0 fully saturated rings. The topological polar surface area (TPSA) is 120 Å². The van der Waals surface area contributed by atoms with Crippen molar-refractivity contribution in [2.24, 2.45) is 5.92 Å². The number of rotatable bonds is 7. The van der Waals surface area contributed by atoms with Crippen LogP contribution < -0.4 is 16.0 Å². The molecule has 0 bridgehead atoms. The number of carbonyl (C=O) groups excluding carboxylic acids is 2. The molecular formula is C22H20ClFN4O4S. The van der Waals surface area contributed by atoms with Crippen LogP contribution in [0.15, 0.2) is 47.8 Å². The van der Waals surface area contributed by atoms with Gasteiger partial charge >= 0.3 is 12.0 Å². The van der Waals surface area contributed by atoms with Crippen LogP contribution in [0.1, 0.15) is 23.6 Å². The number of amides is 3. The summed E-state index contributed by atoms with van der Waals surface area (Å²) in [5.41, 5.74) is 1.67. The number of hydrogen-bond acceptors (Lipinski definition) is 5. The predicted molar refractivity (Wildman–Crippen MR) is 125 cm³/mol. The molecule has 2 aromatic carbocycles. The van der Waals surface area contributed by atoms with Crippen molar-refractivity contribution in [3.63, 3.8) is 0 Å². The van der Waals surface area contributed by atoms with Crippen molar-refractivity contribution < 1.29 is 23.9 Å². The highest BCUT2D eigenvalue weighted by molar-refractivity contribution is 7.12. The molecule has 0 aliphatic rings. The van der Waals surface area contributed by atoms with Gasteiger partial charge in [-0.1, -0.05) is 37.6 Å². The number of carboxylic acid groups (broad SMARTS) is 1. The van der Waals surface area contributed by atoms with Gasteiger partial charge in [0.15, 0.2) is 5.01 Å². The summed E-state index contributed by atoms with van der Waals surface area (Å²) >= 11 is 6.79. The Balaban J connectivity index is 1.63. The number of halogens is 2. The van der Waals surface area contributed by atoms with Crippen molar-refractivity contribution in [2.75, 3.05) is 10.6 Å². The Morgan fingerprint density at radius 2 is 1.79 bits per heavy atom. The average Bonchev–Trinajstić information content (AvgIpc) is 3.24. The predicted octanol–water partition coefficient (Wildman–Crippen LogP) is 5.09. The lowest BCUT2D eigenvalue weighted by Gasteiger charge is -2.16. The molecule has 11 heteroatoms. The standard InChI is InChI=1S/C22H20ClFN4O4S/c1-11(2)18(21(30)31)28-19(29)20-26-17(10-33-20)12-3-6-14(7-4-12)25-22(32)27-16-8-5-13(23)9-15(16)24/h3-11,18H,1-2H3,(H,28,29)(H,30,31)(H2,25,27,32)/t18-/m0/s1. The summed E-state index contributed by atoms with van der Waals surface area (Å²) in [7, 11) is 0. The number of nitrogens with one attached hydrogen (secondary N) is 3. The van der Waals surface area contributed by atoms with Gasteiger partial charge in [-0.2, -0.15) is 0 Å². The summed E-state index contributed by atoms with van der Waals surface area (Å²) < 4.78 is 13.8. The molecule has 0 saturated heterocycles. The molecule has 3 rings (SSSR count). The van der Waals surface area contributed by atoms with E-state index in [2.05, 4.69) is 20.9 Å². The molecule has 0 spiro atoms. The number of carbonyl (C=O) groups is 3. The molecule has 4 N–H and O–H groups in total. The van der Waals surface area contributed by atoms with Crippen molar-refractivity contribution in [2.45, 2.75) is 19.9 Å². The monoisotopic (exact) mass is 490 g/mol. The molecule has 1 aromatic heterocycles. The number of thiazole rings is 1. The molecule has 33 heavy (non-hydrogen) atoms. The lowest BCUT2D eigenvalue weighted by molar-refractivity contribution is -0.140. The number of hydrogen-bond donors (Lipinski definition) is 4. The Hall–Kier alpha value is -3.50. The minimum Gasteiger partial charge on any atom is -0.480 e.